The average Bonchev–Trinajstić information content (AvgIpc) is 2.81. The number of halogens is 1. The molecule has 0 fully saturated rings. The number of fused-ring (bicyclic) bond motifs is 1. The van der Waals surface area contributed by atoms with Gasteiger partial charge in [0.15, 0.2) is 0 Å². The summed E-state index contributed by atoms with van der Waals surface area (Å²) in [5, 5.41) is 0. The van der Waals surface area contributed by atoms with Gasteiger partial charge in [-0.25, -0.2) is 0 Å². The fourth-order valence-electron chi connectivity index (χ4n) is 2.38. The van der Waals surface area contributed by atoms with E-state index in [4.69, 9.17) is 0 Å². The third kappa shape index (κ3) is 5.38. The highest BCUT2D eigenvalue weighted by Gasteiger charge is 2.09. The van der Waals surface area contributed by atoms with Gasteiger partial charge in [0.25, 0.3) is 0 Å². The average molecular weight is 389 g/mol. The van der Waals surface area contributed by atoms with Crippen LogP contribution in [0, 0.1) is 0 Å². The fraction of sp³-hybridized carbons (Fsp3) is 0.562. The summed E-state index contributed by atoms with van der Waals surface area (Å²) in [6.45, 7) is 3.45. The molecule has 1 aromatic carbocycles. The molecule has 0 saturated heterocycles. The molecule has 0 N–H and O–H groups in total. The number of benzene rings is 1. The first-order chi connectivity index (χ1) is 8.92. The molecule has 0 bridgehead atoms. The normalized spacial score (nSPS) is 10.6. The molecule has 0 saturated carbocycles. The van der Waals surface area contributed by atoms with Crippen molar-refractivity contribution in [1.82, 2.24) is 0 Å². The molecular formula is C16H24INS. The van der Waals surface area contributed by atoms with Crippen LogP contribution in [0.15, 0.2) is 29.8 Å². The number of rotatable bonds is 8. The molecule has 1 aromatic heterocycles. The number of hydrogen-bond donors (Lipinski definition) is 0. The highest BCUT2D eigenvalue weighted by atomic mass is 127. The monoisotopic (exact) mass is 389 g/mol. The van der Waals surface area contributed by atoms with Gasteiger partial charge in [-0.3, -0.25) is 0 Å². The van der Waals surface area contributed by atoms with Crippen molar-refractivity contribution in [2.45, 2.75) is 58.4 Å². The van der Waals surface area contributed by atoms with Crippen LogP contribution in [0.3, 0.4) is 0 Å². The molecule has 1 nitrogen and oxygen atoms in total. The molecule has 0 aliphatic rings. The standard InChI is InChI=1S/C16H24NS.HI/c1-2-3-4-5-6-7-10-13-17-14-18-16-12-9-8-11-15(16)17;/h8-9,11-12,14H,2-7,10,13H2,1H3;1H/q+1;/p-1. The van der Waals surface area contributed by atoms with Crippen LogP contribution < -0.4 is 28.5 Å². The van der Waals surface area contributed by atoms with Crippen LogP contribution in [0.2, 0.25) is 0 Å². The Morgan fingerprint density at radius 1 is 0.947 bits per heavy atom. The summed E-state index contributed by atoms with van der Waals surface area (Å²) in [4.78, 5) is 0. The summed E-state index contributed by atoms with van der Waals surface area (Å²) in [5.74, 6) is 0. The second-order valence-electron chi connectivity index (χ2n) is 5.01. The maximum atomic E-state index is 2.41. The number of para-hydroxylation sites is 1. The van der Waals surface area contributed by atoms with Crippen molar-refractivity contribution in [3.8, 4) is 0 Å². The second-order valence-corrected chi connectivity index (χ2v) is 5.89. The van der Waals surface area contributed by atoms with E-state index in [0.29, 0.717) is 0 Å². The van der Waals surface area contributed by atoms with Crippen molar-refractivity contribution in [1.29, 1.82) is 0 Å². The van der Waals surface area contributed by atoms with Gasteiger partial charge in [-0.2, -0.15) is 4.57 Å². The Bertz CT molecular complexity index is 466. The van der Waals surface area contributed by atoms with Crippen molar-refractivity contribution in [2.75, 3.05) is 0 Å². The van der Waals surface area contributed by atoms with E-state index < -0.39 is 0 Å². The lowest BCUT2D eigenvalue weighted by atomic mass is 10.1. The Morgan fingerprint density at radius 2 is 1.63 bits per heavy atom. The summed E-state index contributed by atoms with van der Waals surface area (Å²) < 4.78 is 3.81. The van der Waals surface area contributed by atoms with Gasteiger partial charge in [-0.05, 0) is 12.5 Å². The number of hydrogen-bond acceptors (Lipinski definition) is 1. The smallest absolute Gasteiger partial charge is 0.225 e. The van der Waals surface area contributed by atoms with E-state index in [-0.39, 0.29) is 24.0 Å². The largest absolute Gasteiger partial charge is 1.00 e. The van der Waals surface area contributed by atoms with Crippen LogP contribution in [0.4, 0.5) is 0 Å². The lowest BCUT2D eigenvalue weighted by Gasteiger charge is -1.98. The zero-order chi connectivity index (χ0) is 12.6. The number of aryl methyl sites for hydroxylation is 1. The predicted molar refractivity (Wildman–Crippen MR) is 80.0 cm³/mol. The number of thiazole rings is 1. The van der Waals surface area contributed by atoms with E-state index in [9.17, 15) is 0 Å². The van der Waals surface area contributed by atoms with Gasteiger partial charge < -0.3 is 24.0 Å². The molecule has 0 atom stereocenters. The summed E-state index contributed by atoms with van der Waals surface area (Å²) in [6, 6.07) is 8.70. The lowest BCUT2D eigenvalue weighted by molar-refractivity contribution is -0.667. The van der Waals surface area contributed by atoms with E-state index in [2.05, 4.69) is 41.3 Å². The van der Waals surface area contributed by atoms with E-state index >= 15 is 0 Å². The highest BCUT2D eigenvalue weighted by Crippen LogP contribution is 2.15. The molecular weight excluding hydrogens is 365 g/mol. The number of nitrogens with zero attached hydrogens (tertiary/aromatic N) is 1. The van der Waals surface area contributed by atoms with Gasteiger partial charge >= 0.3 is 0 Å². The Labute approximate surface area is 138 Å². The predicted octanol–water partition coefficient (Wildman–Crippen LogP) is 1.94. The fourth-order valence-corrected chi connectivity index (χ4v) is 3.31. The Hall–Kier alpha value is -0.160. The number of aromatic nitrogens is 1. The lowest BCUT2D eigenvalue weighted by Crippen LogP contribution is -3.00. The minimum atomic E-state index is 0. The molecule has 1 heterocycles. The van der Waals surface area contributed by atoms with Crippen LogP contribution in [-0.2, 0) is 6.54 Å². The highest BCUT2D eigenvalue weighted by molar-refractivity contribution is 7.16. The molecule has 0 amide bonds. The summed E-state index contributed by atoms with van der Waals surface area (Å²) >= 11 is 1.85. The molecule has 2 aromatic rings. The van der Waals surface area contributed by atoms with Crippen molar-refractivity contribution in [2.24, 2.45) is 0 Å². The molecule has 0 spiro atoms. The molecule has 3 heteroatoms. The Balaban J connectivity index is 0.00000180. The maximum Gasteiger partial charge on any atom is 0.225 e. The quantitative estimate of drug-likeness (QED) is 0.369. The minimum Gasteiger partial charge on any atom is -1.00 e. The van der Waals surface area contributed by atoms with Crippen molar-refractivity contribution in [3.05, 3.63) is 29.8 Å². The maximum absolute atomic E-state index is 2.41. The SMILES string of the molecule is CCCCCCCCC[n+]1csc2ccccc21.[I-]. The van der Waals surface area contributed by atoms with Crippen LogP contribution in [0.1, 0.15) is 51.9 Å². The Kier molecular flexibility index (Phi) is 8.62. The van der Waals surface area contributed by atoms with Gasteiger partial charge in [-0.1, -0.05) is 62.5 Å². The van der Waals surface area contributed by atoms with Crippen molar-refractivity contribution >= 4 is 21.6 Å². The van der Waals surface area contributed by atoms with Gasteiger partial charge in [-0.15, -0.1) is 0 Å². The minimum absolute atomic E-state index is 0. The molecule has 19 heavy (non-hydrogen) atoms. The van der Waals surface area contributed by atoms with Crippen LogP contribution in [-0.4, -0.2) is 0 Å². The van der Waals surface area contributed by atoms with Crippen molar-refractivity contribution < 1.29 is 28.5 Å². The Morgan fingerprint density at radius 3 is 2.42 bits per heavy atom. The van der Waals surface area contributed by atoms with E-state index in [1.54, 1.807) is 0 Å². The van der Waals surface area contributed by atoms with Crippen LogP contribution in [0.25, 0.3) is 10.2 Å². The third-order valence-corrected chi connectivity index (χ3v) is 4.44. The summed E-state index contributed by atoms with van der Waals surface area (Å²) in [7, 11) is 0. The molecule has 0 radical (unpaired) electrons. The van der Waals surface area contributed by atoms with Gasteiger partial charge in [0.1, 0.15) is 11.2 Å². The van der Waals surface area contributed by atoms with E-state index in [0.717, 1.165) is 0 Å². The summed E-state index contributed by atoms with van der Waals surface area (Å²) in [6.07, 6.45) is 9.69. The van der Waals surface area contributed by atoms with Gasteiger partial charge in [0.05, 0.1) is 0 Å². The first-order valence-corrected chi connectivity index (χ1v) is 8.15. The first-order valence-electron chi connectivity index (χ1n) is 7.27. The topological polar surface area (TPSA) is 3.88 Å². The van der Waals surface area contributed by atoms with Crippen LogP contribution in [0.5, 0.6) is 0 Å². The summed E-state index contributed by atoms with van der Waals surface area (Å²) in [5.41, 5.74) is 3.66. The van der Waals surface area contributed by atoms with Crippen molar-refractivity contribution in [3.63, 3.8) is 0 Å². The van der Waals surface area contributed by atoms with Gasteiger partial charge in [0, 0.05) is 12.5 Å². The zero-order valence-corrected chi connectivity index (χ0v) is 14.8. The van der Waals surface area contributed by atoms with Gasteiger partial charge in [0.2, 0.25) is 11.0 Å². The molecule has 0 aliphatic heterocycles. The van der Waals surface area contributed by atoms with E-state index in [1.807, 2.05) is 11.3 Å². The van der Waals surface area contributed by atoms with E-state index in [1.165, 1.54) is 61.7 Å². The number of unbranched alkanes of at least 4 members (excludes halogenated alkanes) is 6. The third-order valence-electron chi connectivity index (χ3n) is 3.48. The molecule has 106 valence electrons. The molecule has 0 unspecified atom stereocenters. The molecule has 2 rings (SSSR count). The second kappa shape index (κ2) is 9.70. The molecule has 0 aliphatic carbocycles. The first kappa shape index (κ1) is 16.9. The van der Waals surface area contributed by atoms with Crippen LogP contribution >= 0.6 is 11.3 Å². The zero-order valence-electron chi connectivity index (χ0n) is 11.8.